The second-order valence-corrected chi connectivity index (χ2v) is 6.97. The summed E-state index contributed by atoms with van der Waals surface area (Å²) >= 11 is 5.89. The highest BCUT2D eigenvalue weighted by atomic mass is 35.5. The third-order valence-corrected chi connectivity index (χ3v) is 4.83. The van der Waals surface area contributed by atoms with Crippen LogP contribution in [0.4, 0.5) is 4.79 Å². The van der Waals surface area contributed by atoms with Crippen LogP contribution in [0.1, 0.15) is 45.4 Å². The average molecular weight is 376 g/mol. The summed E-state index contributed by atoms with van der Waals surface area (Å²) in [4.78, 5) is 30.7. The number of nitrogens with one attached hydrogen (secondary N) is 1. The zero-order chi connectivity index (χ0) is 18.7. The Labute approximate surface area is 157 Å². The molecule has 0 aliphatic carbocycles. The van der Waals surface area contributed by atoms with E-state index in [1.807, 2.05) is 26.0 Å². The summed E-state index contributed by atoms with van der Waals surface area (Å²) in [5.74, 6) is 0.691. The van der Waals surface area contributed by atoms with Crippen LogP contribution in [0.2, 0.25) is 5.02 Å². The van der Waals surface area contributed by atoms with E-state index in [0.717, 1.165) is 18.4 Å². The number of amides is 3. The summed E-state index contributed by atoms with van der Waals surface area (Å²) in [5, 5.41) is 3.52. The number of hydrogen-bond acceptors (Lipinski definition) is 4. The molecule has 6 nitrogen and oxygen atoms in total. The van der Waals surface area contributed by atoms with Crippen molar-refractivity contribution in [3.63, 3.8) is 0 Å². The molecule has 1 fully saturated rings. The molecule has 2 aromatic rings. The lowest BCUT2D eigenvalue weighted by atomic mass is 9.88. The van der Waals surface area contributed by atoms with Gasteiger partial charge in [-0.25, -0.2) is 9.78 Å². The molecule has 1 aromatic carbocycles. The first-order valence-electron chi connectivity index (χ1n) is 8.84. The van der Waals surface area contributed by atoms with Crippen LogP contribution in [0.15, 0.2) is 34.9 Å². The van der Waals surface area contributed by atoms with Gasteiger partial charge in [-0.1, -0.05) is 38.3 Å². The Hall–Kier alpha value is -2.34. The van der Waals surface area contributed by atoms with Crippen LogP contribution >= 0.6 is 11.6 Å². The molecule has 7 heteroatoms. The largest absolute Gasteiger partial charge is 0.439 e. The molecule has 3 amide bonds. The number of oxazole rings is 1. The smallest absolute Gasteiger partial charge is 0.325 e. The first-order chi connectivity index (χ1) is 12.5. The van der Waals surface area contributed by atoms with Gasteiger partial charge in [-0.15, -0.1) is 0 Å². The van der Waals surface area contributed by atoms with Crippen LogP contribution in [0, 0.1) is 0 Å². The van der Waals surface area contributed by atoms with Crippen LogP contribution in [-0.2, 0) is 11.3 Å². The van der Waals surface area contributed by atoms with Gasteiger partial charge in [0.15, 0.2) is 5.76 Å². The second kappa shape index (κ2) is 7.50. The van der Waals surface area contributed by atoms with E-state index in [0.29, 0.717) is 29.5 Å². The van der Waals surface area contributed by atoms with E-state index < -0.39 is 5.54 Å². The van der Waals surface area contributed by atoms with E-state index in [9.17, 15) is 9.59 Å². The molecular weight excluding hydrogens is 354 g/mol. The number of rotatable bonds is 7. The number of aromatic nitrogens is 1. The standard InChI is InChI=1S/C19H22ClN3O3/c1-3-9-19(10-4-2)17(24)23(18(25)22-19)12-16-21-11-15(26-16)13-5-7-14(20)8-6-13/h5-8,11H,3-4,9-10,12H2,1-2H3,(H,22,25). The zero-order valence-corrected chi connectivity index (χ0v) is 15.7. The lowest BCUT2D eigenvalue weighted by molar-refractivity contribution is -0.132. The fraction of sp³-hybridized carbons (Fsp3) is 0.421. The number of nitrogens with zero attached hydrogens (tertiary/aromatic N) is 2. The molecule has 0 spiro atoms. The molecule has 2 heterocycles. The van der Waals surface area contributed by atoms with E-state index >= 15 is 0 Å². The van der Waals surface area contributed by atoms with Gasteiger partial charge in [0.05, 0.1) is 6.20 Å². The van der Waals surface area contributed by atoms with E-state index in [2.05, 4.69) is 10.3 Å². The maximum absolute atomic E-state index is 12.9. The fourth-order valence-corrected chi connectivity index (χ4v) is 3.53. The van der Waals surface area contributed by atoms with Gasteiger partial charge < -0.3 is 9.73 Å². The molecule has 1 saturated heterocycles. The number of hydrogen-bond donors (Lipinski definition) is 1. The van der Waals surface area contributed by atoms with Gasteiger partial charge >= 0.3 is 6.03 Å². The van der Waals surface area contributed by atoms with Crippen molar-refractivity contribution in [2.24, 2.45) is 0 Å². The van der Waals surface area contributed by atoms with Gasteiger partial charge in [0.25, 0.3) is 5.91 Å². The van der Waals surface area contributed by atoms with Gasteiger partial charge in [0.1, 0.15) is 12.1 Å². The van der Waals surface area contributed by atoms with Crippen LogP contribution in [0.5, 0.6) is 0 Å². The number of halogens is 1. The SMILES string of the molecule is CCCC1(CCC)NC(=O)N(Cc2ncc(-c3ccc(Cl)cc3)o2)C1=O. The maximum Gasteiger partial charge on any atom is 0.325 e. The lowest BCUT2D eigenvalue weighted by Gasteiger charge is -2.25. The molecule has 0 atom stereocenters. The number of carbonyl (C=O) groups excluding carboxylic acids is 2. The summed E-state index contributed by atoms with van der Waals surface area (Å²) in [7, 11) is 0. The highest BCUT2D eigenvalue weighted by Crippen LogP contribution is 2.30. The number of benzene rings is 1. The van der Waals surface area contributed by atoms with Crippen LogP contribution in [0.3, 0.4) is 0 Å². The number of urea groups is 1. The third-order valence-electron chi connectivity index (χ3n) is 4.58. The van der Waals surface area contributed by atoms with Gasteiger partial charge in [-0.2, -0.15) is 0 Å². The average Bonchev–Trinajstić information content (AvgIpc) is 3.16. The predicted octanol–water partition coefficient (Wildman–Crippen LogP) is 4.39. The highest BCUT2D eigenvalue weighted by molar-refractivity contribution is 6.30. The highest BCUT2D eigenvalue weighted by Gasteiger charge is 2.50. The fourth-order valence-electron chi connectivity index (χ4n) is 3.40. The van der Waals surface area contributed by atoms with Gasteiger partial charge in [0.2, 0.25) is 5.89 Å². The minimum absolute atomic E-state index is 0.0213. The molecule has 3 rings (SSSR count). The topological polar surface area (TPSA) is 75.4 Å². The van der Waals surface area contributed by atoms with E-state index in [-0.39, 0.29) is 18.5 Å². The van der Waals surface area contributed by atoms with Crippen molar-refractivity contribution < 1.29 is 14.0 Å². The molecule has 0 saturated carbocycles. The van der Waals surface area contributed by atoms with Crippen molar-refractivity contribution >= 4 is 23.5 Å². The van der Waals surface area contributed by atoms with Crippen LogP contribution in [0.25, 0.3) is 11.3 Å². The van der Waals surface area contributed by atoms with Crippen molar-refractivity contribution in [2.45, 2.75) is 51.6 Å². The second-order valence-electron chi connectivity index (χ2n) is 6.53. The van der Waals surface area contributed by atoms with Gasteiger partial charge in [0, 0.05) is 10.6 Å². The molecule has 0 radical (unpaired) electrons. The molecule has 1 aliphatic heterocycles. The Morgan fingerprint density at radius 1 is 1.15 bits per heavy atom. The first kappa shape index (κ1) is 18.5. The predicted molar refractivity (Wildman–Crippen MR) is 98.6 cm³/mol. The normalized spacial score (nSPS) is 16.2. The summed E-state index contributed by atoms with van der Waals surface area (Å²) in [6.07, 6.45) is 4.48. The van der Waals surface area contributed by atoms with E-state index in [1.54, 1.807) is 18.3 Å². The summed E-state index contributed by atoms with van der Waals surface area (Å²) in [6.45, 7) is 4.03. The molecular formula is C19H22ClN3O3. The van der Waals surface area contributed by atoms with Gasteiger partial charge in [-0.05, 0) is 37.1 Å². The lowest BCUT2D eigenvalue weighted by Crippen LogP contribution is -2.46. The number of carbonyl (C=O) groups is 2. The van der Waals surface area contributed by atoms with Crippen molar-refractivity contribution in [3.8, 4) is 11.3 Å². The molecule has 1 N–H and O–H groups in total. The number of imide groups is 1. The minimum atomic E-state index is -0.799. The van der Waals surface area contributed by atoms with Crippen LogP contribution < -0.4 is 5.32 Å². The third kappa shape index (κ3) is 3.46. The Morgan fingerprint density at radius 2 is 1.81 bits per heavy atom. The van der Waals surface area contributed by atoms with Crippen molar-refractivity contribution in [3.05, 3.63) is 41.4 Å². The summed E-state index contributed by atoms with van der Waals surface area (Å²) in [6, 6.07) is 6.80. The Bertz CT molecular complexity index is 795. The Kier molecular flexibility index (Phi) is 5.32. The first-order valence-corrected chi connectivity index (χ1v) is 9.21. The van der Waals surface area contributed by atoms with E-state index in [1.165, 1.54) is 4.90 Å². The van der Waals surface area contributed by atoms with Gasteiger partial charge in [-0.3, -0.25) is 9.69 Å². The Morgan fingerprint density at radius 3 is 2.42 bits per heavy atom. The molecule has 0 unspecified atom stereocenters. The summed E-state index contributed by atoms with van der Waals surface area (Å²) < 4.78 is 5.73. The summed E-state index contributed by atoms with van der Waals surface area (Å²) in [5.41, 5.74) is 0.0308. The van der Waals surface area contributed by atoms with Crippen molar-refractivity contribution in [2.75, 3.05) is 0 Å². The monoisotopic (exact) mass is 375 g/mol. The maximum atomic E-state index is 12.9. The van der Waals surface area contributed by atoms with Crippen LogP contribution in [-0.4, -0.2) is 27.4 Å². The van der Waals surface area contributed by atoms with E-state index in [4.69, 9.17) is 16.0 Å². The molecule has 138 valence electrons. The minimum Gasteiger partial charge on any atom is -0.439 e. The molecule has 26 heavy (non-hydrogen) atoms. The molecule has 1 aromatic heterocycles. The van der Waals surface area contributed by atoms with Crippen molar-refractivity contribution in [1.82, 2.24) is 15.2 Å². The zero-order valence-electron chi connectivity index (χ0n) is 14.9. The van der Waals surface area contributed by atoms with Crippen molar-refractivity contribution in [1.29, 1.82) is 0 Å². The molecule has 1 aliphatic rings. The molecule has 0 bridgehead atoms. The Balaban J connectivity index is 1.77. The quantitative estimate of drug-likeness (QED) is 0.728.